The van der Waals surface area contributed by atoms with Gasteiger partial charge in [0.2, 0.25) is 5.91 Å². The highest BCUT2D eigenvalue weighted by molar-refractivity contribution is 6.55. The number of phenolic OH excluding ortho intramolecular Hbond substituents is 1. The highest BCUT2D eigenvalue weighted by Gasteiger charge is 2.60. The average molecular weight is 343 g/mol. The minimum absolute atomic E-state index is 0.0816. The Balaban J connectivity index is 1.96. The third-order valence-corrected chi connectivity index (χ3v) is 4.20. The Morgan fingerprint density at radius 2 is 1.86 bits per heavy atom. The van der Waals surface area contributed by atoms with E-state index < -0.39 is 5.91 Å². The fraction of sp³-hybridized carbons (Fsp3) is 0.333. The predicted molar refractivity (Wildman–Crippen MR) is 84.3 cm³/mol. The number of hydrogen-bond acceptors (Lipinski definition) is 3. The van der Waals surface area contributed by atoms with Gasteiger partial charge in [0.25, 0.3) is 5.91 Å². The summed E-state index contributed by atoms with van der Waals surface area (Å²) in [5.74, 6) is -1.49. The van der Waals surface area contributed by atoms with Crippen LogP contribution in [0.4, 0.5) is 0 Å². The number of carbonyl (C=O) groups excluding carboxylic acids is 2. The number of nitrogens with one attached hydrogen (secondary N) is 2. The second kappa shape index (κ2) is 6.18. The summed E-state index contributed by atoms with van der Waals surface area (Å²) in [5.41, 5.74) is 4.45. The molecule has 0 aliphatic heterocycles. The van der Waals surface area contributed by atoms with Gasteiger partial charge in [-0.15, -0.1) is 0 Å². The van der Waals surface area contributed by atoms with E-state index in [0.29, 0.717) is 0 Å². The van der Waals surface area contributed by atoms with Crippen LogP contribution in [-0.4, -0.2) is 16.9 Å². The van der Waals surface area contributed by atoms with Crippen LogP contribution in [0.1, 0.15) is 24.2 Å². The molecule has 0 saturated heterocycles. The van der Waals surface area contributed by atoms with Crippen LogP contribution in [0.2, 0.25) is 0 Å². The number of para-hydroxylation sites is 1. The first-order valence-corrected chi connectivity index (χ1v) is 7.41. The normalized spacial score (nSPS) is 21.6. The Morgan fingerprint density at radius 3 is 2.45 bits per heavy atom. The number of phenols is 1. The Labute approximate surface area is 138 Å². The van der Waals surface area contributed by atoms with Crippen LogP contribution in [0.5, 0.6) is 5.75 Å². The van der Waals surface area contributed by atoms with Gasteiger partial charge in [-0.3, -0.25) is 20.4 Å². The van der Waals surface area contributed by atoms with Crippen LogP contribution in [0.15, 0.2) is 34.8 Å². The van der Waals surface area contributed by atoms with Gasteiger partial charge in [-0.25, -0.2) is 0 Å². The average Bonchev–Trinajstić information content (AvgIpc) is 2.96. The molecule has 2 unspecified atom stereocenters. The number of aromatic hydroxyl groups is 1. The smallest absolute Gasteiger partial charge is 0.273 e. The van der Waals surface area contributed by atoms with Crippen molar-refractivity contribution in [1.29, 1.82) is 0 Å². The molecular formula is C15H16Cl2N2O3. The van der Waals surface area contributed by atoms with Crippen molar-refractivity contribution in [3.63, 3.8) is 0 Å². The van der Waals surface area contributed by atoms with E-state index in [9.17, 15) is 14.7 Å². The predicted octanol–water partition coefficient (Wildman–Crippen LogP) is 2.74. The quantitative estimate of drug-likeness (QED) is 0.739. The fourth-order valence-corrected chi connectivity index (χ4v) is 2.83. The van der Waals surface area contributed by atoms with Crippen molar-refractivity contribution in [1.82, 2.24) is 10.9 Å². The molecule has 1 aliphatic rings. The maximum Gasteiger partial charge on any atom is 0.273 e. The second-order valence-electron chi connectivity index (χ2n) is 5.74. The van der Waals surface area contributed by atoms with Gasteiger partial charge in [0.15, 0.2) is 0 Å². The van der Waals surface area contributed by atoms with Crippen molar-refractivity contribution in [2.75, 3.05) is 0 Å². The molecule has 1 aliphatic carbocycles. The SMILES string of the molecule is CC1(C)C(C=C(Cl)Cl)C1C(=O)NNC(=O)c1ccccc1O. The van der Waals surface area contributed by atoms with Gasteiger partial charge in [0, 0.05) is 0 Å². The first-order valence-electron chi connectivity index (χ1n) is 6.66. The lowest BCUT2D eigenvalue weighted by Crippen LogP contribution is -2.43. The molecule has 0 heterocycles. The van der Waals surface area contributed by atoms with E-state index >= 15 is 0 Å². The van der Waals surface area contributed by atoms with Crippen LogP contribution in [-0.2, 0) is 4.79 Å². The molecule has 1 saturated carbocycles. The van der Waals surface area contributed by atoms with Gasteiger partial charge >= 0.3 is 0 Å². The van der Waals surface area contributed by atoms with Crippen molar-refractivity contribution in [2.24, 2.45) is 17.3 Å². The summed E-state index contributed by atoms with van der Waals surface area (Å²) < 4.78 is 0.117. The molecule has 0 bridgehead atoms. The summed E-state index contributed by atoms with van der Waals surface area (Å²) in [5, 5.41) is 9.58. The van der Waals surface area contributed by atoms with Crippen molar-refractivity contribution in [3.8, 4) is 5.75 Å². The van der Waals surface area contributed by atoms with Crippen molar-refractivity contribution < 1.29 is 14.7 Å². The molecule has 1 fully saturated rings. The molecule has 1 aromatic rings. The molecule has 0 radical (unpaired) electrons. The summed E-state index contributed by atoms with van der Waals surface area (Å²) in [6, 6.07) is 6.06. The van der Waals surface area contributed by atoms with E-state index in [4.69, 9.17) is 23.2 Å². The topological polar surface area (TPSA) is 78.4 Å². The first-order chi connectivity index (χ1) is 10.2. The number of amides is 2. The molecule has 22 heavy (non-hydrogen) atoms. The number of halogens is 2. The monoisotopic (exact) mass is 342 g/mol. The Bertz CT molecular complexity index is 639. The van der Waals surface area contributed by atoms with E-state index in [2.05, 4.69) is 10.9 Å². The first kappa shape index (κ1) is 16.6. The maximum atomic E-state index is 12.1. The van der Waals surface area contributed by atoms with Gasteiger partial charge < -0.3 is 5.11 Å². The molecule has 2 rings (SSSR count). The minimum atomic E-state index is -0.590. The number of benzene rings is 1. The number of hydrazine groups is 1. The van der Waals surface area contributed by atoms with Gasteiger partial charge in [0.05, 0.1) is 11.5 Å². The van der Waals surface area contributed by atoms with Crippen molar-refractivity contribution in [3.05, 3.63) is 40.4 Å². The summed E-state index contributed by atoms with van der Waals surface area (Å²) in [6.45, 7) is 3.83. The molecule has 0 spiro atoms. The standard InChI is InChI=1S/C15H16Cl2N2O3/c1-15(2)9(7-11(16)17)12(15)14(22)19-18-13(21)8-5-3-4-6-10(8)20/h3-7,9,12,20H,1-2H3,(H,18,21)(H,19,22). The minimum Gasteiger partial charge on any atom is -0.507 e. The van der Waals surface area contributed by atoms with E-state index in [0.717, 1.165) is 0 Å². The Morgan fingerprint density at radius 1 is 1.23 bits per heavy atom. The number of rotatable bonds is 3. The molecule has 118 valence electrons. The van der Waals surface area contributed by atoms with E-state index in [1.165, 1.54) is 12.1 Å². The highest BCUT2D eigenvalue weighted by atomic mass is 35.5. The number of allylic oxidation sites excluding steroid dienone is 1. The molecule has 7 heteroatoms. The van der Waals surface area contributed by atoms with Gasteiger partial charge in [0.1, 0.15) is 10.2 Å². The van der Waals surface area contributed by atoms with Crippen LogP contribution in [0, 0.1) is 17.3 Å². The van der Waals surface area contributed by atoms with Crippen molar-refractivity contribution in [2.45, 2.75) is 13.8 Å². The molecule has 2 amide bonds. The van der Waals surface area contributed by atoms with Crippen molar-refractivity contribution >= 4 is 35.0 Å². The molecular weight excluding hydrogens is 327 g/mol. The zero-order valence-electron chi connectivity index (χ0n) is 12.1. The van der Waals surface area contributed by atoms with Crippen LogP contribution >= 0.6 is 23.2 Å². The fourth-order valence-electron chi connectivity index (χ4n) is 2.55. The van der Waals surface area contributed by atoms with E-state index in [-0.39, 0.29) is 39.0 Å². The maximum absolute atomic E-state index is 12.1. The number of carbonyl (C=O) groups is 2. The highest BCUT2D eigenvalue weighted by Crippen LogP contribution is 2.59. The van der Waals surface area contributed by atoms with Gasteiger partial charge in [-0.2, -0.15) is 0 Å². The molecule has 1 aromatic carbocycles. The van der Waals surface area contributed by atoms with Crippen LogP contribution < -0.4 is 10.9 Å². The molecule has 2 atom stereocenters. The molecule has 3 N–H and O–H groups in total. The third kappa shape index (κ3) is 3.36. The third-order valence-electron chi connectivity index (χ3n) is 3.95. The summed E-state index contributed by atoms with van der Waals surface area (Å²) in [4.78, 5) is 24.0. The van der Waals surface area contributed by atoms with Crippen LogP contribution in [0.25, 0.3) is 0 Å². The lowest BCUT2D eigenvalue weighted by molar-refractivity contribution is -0.123. The Hall–Kier alpha value is -1.72. The van der Waals surface area contributed by atoms with E-state index in [1.807, 2.05) is 13.8 Å². The zero-order chi connectivity index (χ0) is 16.5. The summed E-state index contributed by atoms with van der Waals surface area (Å²) >= 11 is 11.3. The summed E-state index contributed by atoms with van der Waals surface area (Å²) in [6.07, 6.45) is 1.62. The molecule has 0 aromatic heterocycles. The lowest BCUT2D eigenvalue weighted by Gasteiger charge is -2.09. The van der Waals surface area contributed by atoms with Gasteiger partial charge in [-0.1, -0.05) is 49.2 Å². The van der Waals surface area contributed by atoms with E-state index in [1.54, 1.807) is 18.2 Å². The summed E-state index contributed by atoms with van der Waals surface area (Å²) in [7, 11) is 0. The zero-order valence-corrected chi connectivity index (χ0v) is 13.6. The largest absolute Gasteiger partial charge is 0.507 e. The molecule has 5 nitrogen and oxygen atoms in total. The number of hydrogen-bond donors (Lipinski definition) is 3. The Kier molecular flexibility index (Phi) is 4.68. The lowest BCUT2D eigenvalue weighted by atomic mass is 10.1. The van der Waals surface area contributed by atoms with Gasteiger partial charge in [-0.05, 0) is 29.5 Å². The van der Waals surface area contributed by atoms with Crippen LogP contribution in [0.3, 0.4) is 0 Å². The second-order valence-corrected chi connectivity index (χ2v) is 6.75.